The van der Waals surface area contributed by atoms with E-state index in [2.05, 4.69) is 27.8 Å². The molecular formula is C26H21BrFNO3. The van der Waals surface area contributed by atoms with Crippen molar-refractivity contribution in [2.45, 2.75) is 13.5 Å². The SMILES string of the molecule is C=Cc1cc2c(C(=O)OCC)c(-c3ccc(F)cc3)oc2cc1NCc1ccccc1Br. The lowest BCUT2D eigenvalue weighted by Gasteiger charge is -2.11. The van der Waals surface area contributed by atoms with Crippen LogP contribution in [-0.4, -0.2) is 12.6 Å². The number of hydrogen-bond donors (Lipinski definition) is 1. The molecule has 4 nitrogen and oxygen atoms in total. The normalized spacial score (nSPS) is 10.8. The van der Waals surface area contributed by atoms with Gasteiger partial charge in [-0.15, -0.1) is 0 Å². The Hall–Kier alpha value is -3.38. The molecule has 0 amide bonds. The molecule has 0 aliphatic carbocycles. The molecule has 162 valence electrons. The molecule has 0 fully saturated rings. The number of carbonyl (C=O) groups excluding carboxylic acids is 1. The summed E-state index contributed by atoms with van der Waals surface area (Å²) < 4.78 is 25.8. The van der Waals surface area contributed by atoms with Gasteiger partial charge < -0.3 is 14.5 Å². The second-order valence-corrected chi connectivity index (χ2v) is 7.97. The quantitative estimate of drug-likeness (QED) is 0.272. The molecule has 0 unspecified atom stereocenters. The molecule has 0 saturated carbocycles. The highest BCUT2D eigenvalue weighted by Crippen LogP contribution is 2.37. The van der Waals surface area contributed by atoms with E-state index in [1.165, 1.54) is 12.1 Å². The summed E-state index contributed by atoms with van der Waals surface area (Å²) >= 11 is 3.56. The number of furan rings is 1. The van der Waals surface area contributed by atoms with Gasteiger partial charge in [-0.05, 0) is 54.4 Å². The van der Waals surface area contributed by atoms with E-state index in [1.807, 2.05) is 36.4 Å². The summed E-state index contributed by atoms with van der Waals surface area (Å²) in [5, 5.41) is 4.03. The molecular weight excluding hydrogens is 473 g/mol. The van der Waals surface area contributed by atoms with Crippen LogP contribution in [0.2, 0.25) is 0 Å². The van der Waals surface area contributed by atoms with E-state index >= 15 is 0 Å². The minimum atomic E-state index is -0.491. The maximum Gasteiger partial charge on any atom is 0.342 e. The van der Waals surface area contributed by atoms with Crippen molar-refractivity contribution in [2.24, 2.45) is 0 Å². The van der Waals surface area contributed by atoms with Gasteiger partial charge in [-0.2, -0.15) is 0 Å². The van der Waals surface area contributed by atoms with Gasteiger partial charge in [0.1, 0.15) is 22.7 Å². The predicted octanol–water partition coefficient (Wildman–Crippen LogP) is 7.43. The van der Waals surface area contributed by atoms with Crippen LogP contribution in [0.3, 0.4) is 0 Å². The van der Waals surface area contributed by atoms with Gasteiger partial charge in [-0.1, -0.05) is 46.8 Å². The van der Waals surface area contributed by atoms with E-state index in [4.69, 9.17) is 9.15 Å². The largest absolute Gasteiger partial charge is 0.462 e. The summed E-state index contributed by atoms with van der Waals surface area (Å²) in [4.78, 5) is 12.8. The van der Waals surface area contributed by atoms with Gasteiger partial charge in [-0.3, -0.25) is 0 Å². The fourth-order valence-electron chi connectivity index (χ4n) is 3.52. The number of halogens is 2. The number of nitrogens with one attached hydrogen (secondary N) is 1. The Bertz CT molecular complexity index is 1290. The molecule has 0 radical (unpaired) electrons. The van der Waals surface area contributed by atoms with E-state index in [1.54, 1.807) is 25.1 Å². The Morgan fingerprint density at radius 2 is 1.94 bits per heavy atom. The average Bonchev–Trinajstić information content (AvgIpc) is 3.16. The first-order valence-corrected chi connectivity index (χ1v) is 10.9. The van der Waals surface area contributed by atoms with Crippen molar-refractivity contribution in [3.05, 3.63) is 94.2 Å². The van der Waals surface area contributed by atoms with Gasteiger partial charge in [0.15, 0.2) is 0 Å². The molecule has 3 aromatic carbocycles. The maximum absolute atomic E-state index is 13.4. The number of carbonyl (C=O) groups is 1. The van der Waals surface area contributed by atoms with Gasteiger partial charge in [0, 0.05) is 33.7 Å². The zero-order chi connectivity index (χ0) is 22.7. The maximum atomic E-state index is 13.4. The summed E-state index contributed by atoms with van der Waals surface area (Å²) in [5.41, 5.74) is 4.16. The molecule has 1 N–H and O–H groups in total. The standard InChI is InChI=1S/C26H21BrFNO3/c1-3-16-13-20-23(14-22(16)29-15-18-7-5-6-8-21(18)27)32-25(24(20)26(30)31-4-2)17-9-11-19(28)12-10-17/h3,5-14,29H,1,4,15H2,2H3. The van der Waals surface area contributed by atoms with Crippen molar-refractivity contribution in [1.82, 2.24) is 0 Å². The minimum Gasteiger partial charge on any atom is -0.462 e. The number of rotatable bonds is 7. The number of ether oxygens (including phenoxy) is 1. The monoisotopic (exact) mass is 493 g/mol. The van der Waals surface area contributed by atoms with Gasteiger partial charge in [0.25, 0.3) is 0 Å². The third-order valence-corrected chi connectivity index (χ3v) is 5.87. The Morgan fingerprint density at radius 3 is 2.62 bits per heavy atom. The van der Waals surface area contributed by atoms with Crippen LogP contribution >= 0.6 is 15.9 Å². The van der Waals surface area contributed by atoms with Crippen LogP contribution in [0.4, 0.5) is 10.1 Å². The molecule has 1 heterocycles. The first kappa shape index (κ1) is 21.8. The number of anilines is 1. The van der Waals surface area contributed by atoms with Crippen molar-refractivity contribution in [3.8, 4) is 11.3 Å². The summed E-state index contributed by atoms with van der Waals surface area (Å²) in [5.74, 6) is -0.513. The lowest BCUT2D eigenvalue weighted by molar-refractivity contribution is 0.0528. The van der Waals surface area contributed by atoms with E-state index < -0.39 is 5.97 Å². The second kappa shape index (κ2) is 9.40. The highest BCUT2D eigenvalue weighted by Gasteiger charge is 2.24. The van der Waals surface area contributed by atoms with Crippen molar-refractivity contribution in [2.75, 3.05) is 11.9 Å². The highest BCUT2D eigenvalue weighted by molar-refractivity contribution is 9.10. The first-order chi connectivity index (χ1) is 15.5. The van der Waals surface area contributed by atoms with Crippen LogP contribution in [-0.2, 0) is 11.3 Å². The molecule has 0 bridgehead atoms. The predicted molar refractivity (Wildman–Crippen MR) is 129 cm³/mol. The third kappa shape index (κ3) is 4.32. The fraction of sp³-hybridized carbons (Fsp3) is 0.115. The van der Waals surface area contributed by atoms with Gasteiger partial charge in [-0.25, -0.2) is 9.18 Å². The minimum absolute atomic E-state index is 0.230. The van der Waals surface area contributed by atoms with E-state index in [9.17, 15) is 9.18 Å². The summed E-state index contributed by atoms with van der Waals surface area (Å²) in [6.07, 6.45) is 1.72. The molecule has 0 aliphatic rings. The van der Waals surface area contributed by atoms with Gasteiger partial charge in [0.2, 0.25) is 0 Å². The zero-order valence-electron chi connectivity index (χ0n) is 17.5. The molecule has 32 heavy (non-hydrogen) atoms. The molecule has 4 aromatic rings. The van der Waals surface area contributed by atoms with Crippen LogP contribution in [0.5, 0.6) is 0 Å². The number of esters is 1. The molecule has 6 heteroatoms. The smallest absolute Gasteiger partial charge is 0.342 e. The molecule has 0 aliphatic heterocycles. The van der Waals surface area contributed by atoms with E-state index in [-0.39, 0.29) is 12.4 Å². The molecule has 1 aromatic heterocycles. The molecule has 0 atom stereocenters. The topological polar surface area (TPSA) is 51.5 Å². The summed E-state index contributed by atoms with van der Waals surface area (Å²) in [6.45, 7) is 6.48. The Morgan fingerprint density at radius 1 is 1.19 bits per heavy atom. The van der Waals surface area contributed by atoms with E-state index in [0.29, 0.717) is 34.4 Å². The van der Waals surface area contributed by atoms with Gasteiger partial charge >= 0.3 is 5.97 Å². The van der Waals surface area contributed by atoms with E-state index in [0.717, 1.165) is 21.3 Å². The van der Waals surface area contributed by atoms with Crippen molar-refractivity contribution >= 4 is 44.6 Å². The number of fused-ring (bicyclic) bond motifs is 1. The highest BCUT2D eigenvalue weighted by atomic mass is 79.9. The van der Waals surface area contributed by atoms with Crippen LogP contribution in [0.1, 0.15) is 28.4 Å². The Labute approximate surface area is 193 Å². The fourth-order valence-corrected chi connectivity index (χ4v) is 3.95. The third-order valence-electron chi connectivity index (χ3n) is 5.09. The number of benzene rings is 3. The van der Waals surface area contributed by atoms with Crippen LogP contribution in [0.15, 0.2) is 76.1 Å². The van der Waals surface area contributed by atoms with Crippen molar-refractivity contribution in [3.63, 3.8) is 0 Å². The average molecular weight is 494 g/mol. The second-order valence-electron chi connectivity index (χ2n) is 7.12. The van der Waals surface area contributed by atoms with Crippen molar-refractivity contribution < 1.29 is 18.3 Å². The summed E-state index contributed by atoms with van der Waals surface area (Å²) in [7, 11) is 0. The summed E-state index contributed by atoms with van der Waals surface area (Å²) in [6, 6.07) is 17.5. The van der Waals surface area contributed by atoms with Crippen LogP contribution in [0.25, 0.3) is 28.4 Å². The zero-order valence-corrected chi connectivity index (χ0v) is 19.0. The lowest BCUT2D eigenvalue weighted by atomic mass is 10.0. The molecule has 4 rings (SSSR count). The van der Waals surface area contributed by atoms with Crippen LogP contribution < -0.4 is 5.32 Å². The molecule has 0 spiro atoms. The Kier molecular flexibility index (Phi) is 6.42. The Balaban J connectivity index is 1.82. The first-order valence-electron chi connectivity index (χ1n) is 10.1. The van der Waals surface area contributed by atoms with Crippen LogP contribution in [0, 0.1) is 5.82 Å². The number of hydrogen-bond acceptors (Lipinski definition) is 4. The molecule has 0 saturated heterocycles. The lowest BCUT2D eigenvalue weighted by Crippen LogP contribution is -2.05. The van der Waals surface area contributed by atoms with Gasteiger partial charge in [0.05, 0.1) is 6.61 Å². The van der Waals surface area contributed by atoms with Crippen molar-refractivity contribution in [1.29, 1.82) is 0 Å².